The number of nitrogens with zero attached hydrogens (tertiary/aromatic N) is 1. The van der Waals surface area contributed by atoms with Crippen LogP contribution in [0.3, 0.4) is 0 Å². The molecule has 15 heteroatoms. The fourth-order valence-electron chi connectivity index (χ4n) is 3.75. The largest absolute Gasteiger partial charge is 0.481 e. The molecule has 1 heterocycles. The molecular formula is C23H36F3N3O9. The number of likely N-dealkylation sites (tertiary alicyclic amines) is 1. The van der Waals surface area contributed by atoms with Gasteiger partial charge in [0.1, 0.15) is 23.7 Å². The van der Waals surface area contributed by atoms with Gasteiger partial charge in [-0.25, -0.2) is 9.59 Å². The van der Waals surface area contributed by atoms with Crippen LogP contribution in [0.2, 0.25) is 0 Å². The van der Waals surface area contributed by atoms with Crippen molar-refractivity contribution in [3.8, 4) is 0 Å². The highest BCUT2D eigenvalue weighted by atomic mass is 19.4. The molecule has 0 aromatic heterocycles. The number of halogens is 3. The second-order valence-corrected chi connectivity index (χ2v) is 10.9. The minimum Gasteiger partial charge on any atom is -0.481 e. The van der Waals surface area contributed by atoms with Gasteiger partial charge >= 0.3 is 24.2 Å². The Labute approximate surface area is 218 Å². The van der Waals surface area contributed by atoms with Gasteiger partial charge in [0.2, 0.25) is 11.8 Å². The number of aliphatic carboxylic acids is 2. The molecule has 12 nitrogen and oxygen atoms in total. The number of nitrogens with one attached hydrogen (secondary N) is 2. The second-order valence-electron chi connectivity index (χ2n) is 10.9. The molecule has 1 unspecified atom stereocenters. The van der Waals surface area contributed by atoms with Crippen LogP contribution in [-0.2, 0) is 28.7 Å². The zero-order valence-electron chi connectivity index (χ0n) is 22.2. The summed E-state index contributed by atoms with van der Waals surface area (Å²) in [5.41, 5.74) is -1.68. The molecule has 3 amide bonds. The number of carboxylic acids is 2. The molecule has 0 aliphatic carbocycles. The average Bonchev–Trinajstić information content (AvgIpc) is 3.09. The van der Waals surface area contributed by atoms with Gasteiger partial charge in [0, 0.05) is 19.4 Å². The summed E-state index contributed by atoms with van der Waals surface area (Å²) in [7, 11) is 0. The van der Waals surface area contributed by atoms with Gasteiger partial charge in [-0.15, -0.1) is 0 Å². The third-order valence-corrected chi connectivity index (χ3v) is 5.05. The maximum absolute atomic E-state index is 13.5. The average molecular weight is 556 g/mol. The van der Waals surface area contributed by atoms with E-state index < -0.39 is 84.3 Å². The van der Waals surface area contributed by atoms with Crippen molar-refractivity contribution >= 4 is 29.8 Å². The number of hydrogen-bond donors (Lipinski definition) is 4. The molecule has 0 saturated carbocycles. The molecule has 1 saturated heterocycles. The van der Waals surface area contributed by atoms with Gasteiger partial charge in [-0.2, -0.15) is 13.2 Å². The van der Waals surface area contributed by atoms with Crippen LogP contribution in [0.15, 0.2) is 0 Å². The molecule has 4 N–H and O–H groups in total. The van der Waals surface area contributed by atoms with Crippen LogP contribution in [0.25, 0.3) is 0 Å². The van der Waals surface area contributed by atoms with Crippen molar-refractivity contribution in [2.45, 2.75) is 109 Å². The smallest absolute Gasteiger partial charge is 0.408 e. The summed E-state index contributed by atoms with van der Waals surface area (Å²) in [5, 5.41) is 22.4. The Kier molecular flexibility index (Phi) is 10.9. The monoisotopic (exact) mass is 555 g/mol. The summed E-state index contributed by atoms with van der Waals surface area (Å²) in [6, 6.07) is -5.21. The molecule has 218 valence electrons. The topological polar surface area (TPSA) is 172 Å². The lowest BCUT2D eigenvalue weighted by molar-refractivity contribution is -0.160. The minimum atomic E-state index is -4.89. The predicted octanol–water partition coefficient (Wildman–Crippen LogP) is 2.05. The summed E-state index contributed by atoms with van der Waals surface area (Å²) in [4.78, 5) is 62.2. The maximum Gasteiger partial charge on any atom is 0.408 e. The lowest BCUT2D eigenvalue weighted by Crippen LogP contribution is -2.56. The first-order valence-corrected chi connectivity index (χ1v) is 11.9. The van der Waals surface area contributed by atoms with Gasteiger partial charge in [0.25, 0.3) is 0 Å². The van der Waals surface area contributed by atoms with E-state index >= 15 is 0 Å². The van der Waals surface area contributed by atoms with Crippen LogP contribution < -0.4 is 10.6 Å². The fourth-order valence-corrected chi connectivity index (χ4v) is 3.75. The third-order valence-electron chi connectivity index (χ3n) is 5.05. The molecule has 38 heavy (non-hydrogen) atoms. The molecule has 0 radical (unpaired) electrons. The Balaban J connectivity index is 3.27. The normalized spacial score (nSPS) is 19.9. The van der Waals surface area contributed by atoms with Crippen LogP contribution >= 0.6 is 0 Å². The van der Waals surface area contributed by atoms with E-state index in [1.54, 1.807) is 41.5 Å². The molecule has 0 aromatic rings. The first-order valence-electron chi connectivity index (χ1n) is 11.9. The fraction of sp³-hybridized carbons (Fsp3) is 0.783. The lowest BCUT2D eigenvalue weighted by Gasteiger charge is -2.30. The van der Waals surface area contributed by atoms with Crippen molar-refractivity contribution in [3.63, 3.8) is 0 Å². The number of amides is 3. The van der Waals surface area contributed by atoms with Gasteiger partial charge < -0.3 is 35.2 Å². The Hall–Kier alpha value is -3.10. The van der Waals surface area contributed by atoms with Crippen LogP contribution in [0.4, 0.5) is 18.0 Å². The molecule has 4 atom stereocenters. The molecule has 0 bridgehead atoms. The quantitative estimate of drug-likeness (QED) is 0.315. The number of hydrogen-bond acceptors (Lipinski definition) is 7. The van der Waals surface area contributed by atoms with E-state index in [4.69, 9.17) is 14.6 Å². The van der Waals surface area contributed by atoms with E-state index in [-0.39, 0.29) is 19.4 Å². The highest BCUT2D eigenvalue weighted by molar-refractivity contribution is 5.93. The number of carbonyl (C=O) groups is 5. The lowest BCUT2D eigenvalue weighted by atomic mass is 10.1. The van der Waals surface area contributed by atoms with E-state index in [1.807, 2.05) is 5.32 Å². The SMILES string of the molecule is CC(C)(C)OC(=O)N[C@@H](CCC(=O)O)C(=O)N1C[C@H](OC(C)(C)C)C[C@H]1C(=O)NC(CC(F)(F)F)C(=O)O. The molecular weight excluding hydrogens is 519 g/mol. The standard InChI is InChI=1S/C23H36F3N3O9/c1-21(2,3)37-12-9-15(17(32)27-14(19(34)35)10-23(24,25)26)29(11-12)18(33)13(7-8-16(30)31)28-20(36)38-22(4,5)6/h12-15H,7-11H2,1-6H3,(H,27,32)(H,28,36)(H,30,31)(H,34,35)/t12-,13+,14?,15+/m1/s1. The second kappa shape index (κ2) is 12.6. The Bertz CT molecular complexity index is 897. The molecule has 1 aliphatic rings. The summed E-state index contributed by atoms with van der Waals surface area (Å²) in [5.74, 6) is -5.25. The number of carboxylic acid groups (broad SMARTS) is 2. The van der Waals surface area contributed by atoms with Crippen LogP contribution in [0.5, 0.6) is 0 Å². The van der Waals surface area contributed by atoms with Crippen molar-refractivity contribution in [1.29, 1.82) is 0 Å². The van der Waals surface area contributed by atoms with Crippen LogP contribution in [0, 0.1) is 0 Å². The molecule has 0 aromatic carbocycles. The molecule has 1 aliphatic heterocycles. The number of ether oxygens (including phenoxy) is 2. The van der Waals surface area contributed by atoms with E-state index in [9.17, 15) is 42.3 Å². The Morgan fingerprint density at radius 3 is 1.97 bits per heavy atom. The first-order chi connectivity index (χ1) is 17.1. The predicted molar refractivity (Wildman–Crippen MR) is 125 cm³/mol. The van der Waals surface area contributed by atoms with Gasteiger partial charge in [-0.1, -0.05) is 0 Å². The number of carbonyl (C=O) groups excluding carboxylic acids is 3. The highest BCUT2D eigenvalue weighted by Crippen LogP contribution is 2.27. The zero-order chi connectivity index (χ0) is 29.6. The molecule has 1 rings (SSSR count). The van der Waals surface area contributed by atoms with Crippen molar-refractivity contribution in [1.82, 2.24) is 15.5 Å². The zero-order valence-corrected chi connectivity index (χ0v) is 22.2. The van der Waals surface area contributed by atoms with E-state index in [0.717, 1.165) is 4.90 Å². The van der Waals surface area contributed by atoms with E-state index in [1.165, 1.54) is 0 Å². The van der Waals surface area contributed by atoms with Crippen LogP contribution in [0.1, 0.15) is 67.2 Å². The highest BCUT2D eigenvalue weighted by Gasteiger charge is 2.45. The van der Waals surface area contributed by atoms with Crippen molar-refractivity contribution in [3.05, 3.63) is 0 Å². The molecule has 1 fully saturated rings. The first kappa shape index (κ1) is 32.9. The summed E-state index contributed by atoms with van der Waals surface area (Å²) < 4.78 is 49.5. The summed E-state index contributed by atoms with van der Waals surface area (Å²) in [6.07, 6.45) is -9.61. The summed E-state index contributed by atoms with van der Waals surface area (Å²) in [6.45, 7) is 9.59. The maximum atomic E-state index is 13.5. The van der Waals surface area contributed by atoms with Gasteiger partial charge in [-0.3, -0.25) is 14.4 Å². The number of rotatable bonds is 10. The third kappa shape index (κ3) is 12.0. The Morgan fingerprint density at radius 2 is 1.53 bits per heavy atom. The van der Waals surface area contributed by atoms with Gasteiger partial charge in [0.05, 0.1) is 18.1 Å². The minimum absolute atomic E-state index is 0.175. The summed E-state index contributed by atoms with van der Waals surface area (Å²) >= 11 is 0. The molecule has 0 spiro atoms. The van der Waals surface area contributed by atoms with Crippen molar-refractivity contribution < 1.29 is 56.8 Å². The van der Waals surface area contributed by atoms with Crippen LogP contribution in [-0.4, -0.2) is 93.1 Å². The van der Waals surface area contributed by atoms with Crippen molar-refractivity contribution in [2.75, 3.05) is 6.54 Å². The van der Waals surface area contributed by atoms with Gasteiger partial charge in [-0.05, 0) is 48.0 Å². The van der Waals surface area contributed by atoms with Gasteiger partial charge in [0.15, 0.2) is 0 Å². The van der Waals surface area contributed by atoms with E-state index in [2.05, 4.69) is 5.32 Å². The number of alkyl carbamates (subject to hydrolysis) is 1. The van der Waals surface area contributed by atoms with E-state index in [0.29, 0.717) is 0 Å². The Morgan fingerprint density at radius 1 is 0.947 bits per heavy atom. The number of alkyl halides is 3. The van der Waals surface area contributed by atoms with Crippen molar-refractivity contribution in [2.24, 2.45) is 0 Å².